The lowest BCUT2D eigenvalue weighted by Crippen LogP contribution is -2.16. The standard InChI is InChI=1S/C17H14N2O5S/c1-23-16(20)14-17(25(18,21)22)24-15(19-14)13-9-7-12(8-10-13)11-5-3-2-4-6-11/h2-10H,1H3,(H2,18,21,22). The molecule has 0 radical (unpaired) electrons. The Bertz CT molecular complexity index is 1010. The minimum Gasteiger partial charge on any atom is -0.464 e. The molecule has 8 heteroatoms. The van der Waals surface area contributed by atoms with E-state index >= 15 is 0 Å². The Kier molecular flexibility index (Phi) is 4.39. The van der Waals surface area contributed by atoms with Crippen molar-refractivity contribution in [2.45, 2.75) is 5.09 Å². The number of aromatic nitrogens is 1. The third-order valence-electron chi connectivity index (χ3n) is 3.47. The Hall–Kier alpha value is -2.97. The van der Waals surface area contributed by atoms with E-state index in [1.807, 2.05) is 42.5 Å². The maximum Gasteiger partial charge on any atom is 0.361 e. The van der Waals surface area contributed by atoms with Crippen molar-refractivity contribution >= 4 is 16.0 Å². The van der Waals surface area contributed by atoms with Crippen LogP contribution in [0.1, 0.15) is 10.5 Å². The van der Waals surface area contributed by atoms with E-state index in [-0.39, 0.29) is 5.89 Å². The van der Waals surface area contributed by atoms with E-state index in [1.54, 1.807) is 12.1 Å². The van der Waals surface area contributed by atoms with Crippen molar-refractivity contribution in [2.75, 3.05) is 7.11 Å². The first-order chi connectivity index (χ1) is 11.9. The summed E-state index contributed by atoms with van der Waals surface area (Å²) in [5.41, 5.74) is 2.02. The maximum atomic E-state index is 11.7. The molecule has 0 fully saturated rings. The van der Waals surface area contributed by atoms with Gasteiger partial charge < -0.3 is 9.15 Å². The number of esters is 1. The molecule has 128 valence electrons. The highest BCUT2D eigenvalue weighted by Gasteiger charge is 2.28. The first kappa shape index (κ1) is 16.9. The van der Waals surface area contributed by atoms with Gasteiger partial charge in [0.25, 0.3) is 15.1 Å². The predicted octanol–water partition coefficient (Wildman–Crippen LogP) is 2.44. The number of benzene rings is 2. The highest BCUT2D eigenvalue weighted by Crippen LogP contribution is 2.27. The van der Waals surface area contributed by atoms with Crippen molar-refractivity contribution in [2.24, 2.45) is 5.14 Å². The highest BCUT2D eigenvalue weighted by molar-refractivity contribution is 7.89. The number of nitrogens with zero attached hydrogens (tertiary/aromatic N) is 1. The van der Waals surface area contributed by atoms with Crippen LogP contribution in [0, 0.1) is 0 Å². The number of carbonyl (C=O) groups is 1. The molecule has 2 N–H and O–H groups in total. The number of rotatable bonds is 4. The van der Waals surface area contributed by atoms with Gasteiger partial charge >= 0.3 is 5.97 Å². The Labute approximate surface area is 144 Å². The SMILES string of the molecule is COC(=O)c1nc(-c2ccc(-c3ccccc3)cc2)oc1S(N)(=O)=O. The topological polar surface area (TPSA) is 112 Å². The van der Waals surface area contributed by atoms with Gasteiger partial charge in [0, 0.05) is 5.56 Å². The van der Waals surface area contributed by atoms with Gasteiger partial charge in [-0.15, -0.1) is 0 Å². The number of primary sulfonamides is 1. The lowest BCUT2D eigenvalue weighted by atomic mass is 10.0. The minimum atomic E-state index is -4.26. The summed E-state index contributed by atoms with van der Waals surface area (Å²) in [6.45, 7) is 0. The first-order valence-corrected chi connectivity index (χ1v) is 8.72. The molecule has 0 spiro atoms. The fourth-order valence-corrected chi connectivity index (χ4v) is 2.88. The van der Waals surface area contributed by atoms with E-state index in [4.69, 9.17) is 9.56 Å². The number of hydrogen-bond donors (Lipinski definition) is 1. The molecule has 7 nitrogen and oxygen atoms in total. The molecule has 0 amide bonds. The molecule has 0 aliphatic heterocycles. The van der Waals surface area contributed by atoms with Crippen LogP contribution in [0.25, 0.3) is 22.6 Å². The van der Waals surface area contributed by atoms with Crippen LogP contribution >= 0.6 is 0 Å². The summed E-state index contributed by atoms with van der Waals surface area (Å²) in [4.78, 5) is 15.6. The molecular formula is C17H14N2O5S. The van der Waals surface area contributed by atoms with Gasteiger partial charge in [0.15, 0.2) is 0 Å². The molecule has 3 aromatic rings. The molecule has 0 saturated carbocycles. The third-order valence-corrected chi connectivity index (χ3v) is 4.27. The van der Waals surface area contributed by atoms with Crippen LogP contribution < -0.4 is 5.14 Å². The Morgan fingerprint density at radius 2 is 1.56 bits per heavy atom. The molecule has 2 aromatic carbocycles. The zero-order valence-electron chi connectivity index (χ0n) is 13.2. The molecule has 1 heterocycles. The number of oxazole rings is 1. The van der Waals surface area contributed by atoms with Gasteiger partial charge in [-0.05, 0) is 23.3 Å². The van der Waals surface area contributed by atoms with Crippen molar-refractivity contribution in [3.05, 3.63) is 60.3 Å². The lowest BCUT2D eigenvalue weighted by molar-refractivity contribution is 0.0587. The number of ether oxygens (including phenoxy) is 1. The van der Waals surface area contributed by atoms with E-state index < -0.39 is 26.8 Å². The minimum absolute atomic E-state index is 0.0379. The summed E-state index contributed by atoms with van der Waals surface area (Å²) >= 11 is 0. The van der Waals surface area contributed by atoms with Gasteiger partial charge in [-0.2, -0.15) is 0 Å². The summed E-state index contributed by atoms with van der Waals surface area (Å²) in [5.74, 6) is -0.982. The summed E-state index contributed by atoms with van der Waals surface area (Å²) in [7, 11) is -3.15. The van der Waals surface area contributed by atoms with E-state index in [0.29, 0.717) is 5.56 Å². The second-order valence-corrected chi connectivity index (χ2v) is 6.60. The van der Waals surface area contributed by atoms with Gasteiger partial charge in [-0.3, -0.25) is 0 Å². The summed E-state index contributed by atoms with van der Waals surface area (Å²) in [6.07, 6.45) is 0. The van der Waals surface area contributed by atoms with Gasteiger partial charge in [0.05, 0.1) is 7.11 Å². The molecule has 0 unspecified atom stereocenters. The maximum absolute atomic E-state index is 11.7. The molecule has 0 saturated heterocycles. The van der Waals surface area contributed by atoms with Crippen molar-refractivity contribution < 1.29 is 22.4 Å². The first-order valence-electron chi connectivity index (χ1n) is 7.18. The molecular weight excluding hydrogens is 344 g/mol. The van der Waals surface area contributed by atoms with Crippen LogP contribution in [0.5, 0.6) is 0 Å². The number of methoxy groups -OCH3 is 1. The zero-order chi connectivity index (χ0) is 18.0. The average molecular weight is 358 g/mol. The summed E-state index contributed by atoms with van der Waals surface area (Å²) in [5, 5.41) is 4.35. The van der Waals surface area contributed by atoms with Crippen LogP contribution in [0.4, 0.5) is 0 Å². The molecule has 1 aromatic heterocycles. The largest absolute Gasteiger partial charge is 0.464 e. The van der Waals surface area contributed by atoms with E-state index in [1.165, 1.54) is 0 Å². The van der Waals surface area contributed by atoms with Gasteiger partial charge in [-0.25, -0.2) is 23.3 Å². The van der Waals surface area contributed by atoms with Gasteiger partial charge in [-0.1, -0.05) is 42.5 Å². The normalized spacial score (nSPS) is 11.3. The van der Waals surface area contributed by atoms with E-state index in [0.717, 1.165) is 18.2 Å². The lowest BCUT2D eigenvalue weighted by Gasteiger charge is -2.02. The average Bonchev–Trinajstić information content (AvgIpc) is 3.08. The monoisotopic (exact) mass is 358 g/mol. The fraction of sp³-hybridized carbons (Fsp3) is 0.0588. The zero-order valence-corrected chi connectivity index (χ0v) is 14.0. The van der Waals surface area contributed by atoms with E-state index in [9.17, 15) is 13.2 Å². The number of hydrogen-bond acceptors (Lipinski definition) is 6. The predicted molar refractivity (Wildman–Crippen MR) is 90.1 cm³/mol. The van der Waals surface area contributed by atoms with Crippen LogP contribution in [-0.2, 0) is 14.8 Å². The van der Waals surface area contributed by atoms with Crippen LogP contribution in [0.2, 0.25) is 0 Å². The molecule has 0 aliphatic rings. The second kappa shape index (κ2) is 6.50. The van der Waals surface area contributed by atoms with Crippen molar-refractivity contribution in [3.8, 4) is 22.6 Å². The second-order valence-electron chi connectivity index (χ2n) is 5.14. The number of nitrogens with two attached hydrogens (primary N) is 1. The van der Waals surface area contributed by atoms with Crippen LogP contribution in [0.15, 0.2) is 64.1 Å². The van der Waals surface area contributed by atoms with Crippen LogP contribution in [0.3, 0.4) is 0 Å². The summed E-state index contributed by atoms with van der Waals surface area (Å²) in [6, 6.07) is 16.8. The van der Waals surface area contributed by atoms with Crippen molar-refractivity contribution in [1.29, 1.82) is 0 Å². The van der Waals surface area contributed by atoms with Crippen molar-refractivity contribution in [1.82, 2.24) is 4.98 Å². The smallest absolute Gasteiger partial charge is 0.361 e. The Morgan fingerprint density at radius 1 is 1.00 bits per heavy atom. The molecule has 25 heavy (non-hydrogen) atoms. The fourth-order valence-electron chi connectivity index (χ4n) is 2.28. The number of carbonyl (C=O) groups excluding carboxylic acids is 1. The molecule has 0 atom stereocenters. The molecule has 0 bridgehead atoms. The van der Waals surface area contributed by atoms with Gasteiger partial charge in [0.2, 0.25) is 11.6 Å². The molecule has 3 rings (SSSR count). The quantitative estimate of drug-likeness (QED) is 0.717. The van der Waals surface area contributed by atoms with Crippen molar-refractivity contribution in [3.63, 3.8) is 0 Å². The van der Waals surface area contributed by atoms with E-state index in [2.05, 4.69) is 9.72 Å². The summed E-state index contributed by atoms with van der Waals surface area (Å²) < 4.78 is 32.9. The molecule has 0 aliphatic carbocycles. The Morgan fingerprint density at radius 3 is 2.12 bits per heavy atom. The third kappa shape index (κ3) is 3.44. The highest BCUT2D eigenvalue weighted by atomic mass is 32.2. The Balaban J connectivity index is 2.02. The number of sulfonamides is 1. The van der Waals surface area contributed by atoms with Crippen LogP contribution in [-0.4, -0.2) is 26.5 Å². The van der Waals surface area contributed by atoms with Gasteiger partial charge in [0.1, 0.15) is 0 Å².